The molecule has 1 heteroatoms. The lowest BCUT2D eigenvalue weighted by Crippen LogP contribution is -2.38. The van der Waals surface area contributed by atoms with Gasteiger partial charge < -0.3 is 0 Å². The number of allylic oxidation sites excluding steroid dienone is 4. The molecule has 0 saturated carbocycles. The summed E-state index contributed by atoms with van der Waals surface area (Å²) in [6.45, 7) is 8.58. The lowest BCUT2D eigenvalue weighted by Gasteiger charge is -2.44. The summed E-state index contributed by atoms with van der Waals surface area (Å²) in [4.78, 5) is 12.0. The molecule has 0 amide bonds. The molecule has 0 unspecified atom stereocenters. The molecule has 0 spiro atoms. The third-order valence-electron chi connectivity index (χ3n) is 4.00. The van der Waals surface area contributed by atoms with E-state index in [1.165, 1.54) is 17.6 Å². The molecule has 0 bridgehead atoms. The molecule has 2 aliphatic rings. The van der Waals surface area contributed by atoms with Gasteiger partial charge >= 0.3 is 0 Å². The van der Waals surface area contributed by atoms with E-state index in [0.29, 0.717) is 5.78 Å². The number of fused-ring (bicyclic) bond motifs is 1. The molecule has 0 aliphatic heterocycles. The second-order valence-electron chi connectivity index (χ2n) is 5.97. The van der Waals surface area contributed by atoms with Crippen LogP contribution in [0.4, 0.5) is 0 Å². The van der Waals surface area contributed by atoms with E-state index in [4.69, 9.17) is 0 Å². The first-order valence-electron chi connectivity index (χ1n) is 5.79. The Morgan fingerprint density at radius 2 is 1.93 bits per heavy atom. The van der Waals surface area contributed by atoms with Crippen LogP contribution in [0.3, 0.4) is 0 Å². The number of carbonyl (C=O) groups excluding carboxylic acids is 1. The van der Waals surface area contributed by atoms with Crippen molar-refractivity contribution in [1.82, 2.24) is 0 Å². The van der Waals surface area contributed by atoms with Crippen molar-refractivity contribution in [3.63, 3.8) is 0 Å². The maximum atomic E-state index is 12.0. The maximum Gasteiger partial charge on any atom is 0.161 e. The van der Waals surface area contributed by atoms with Gasteiger partial charge in [0.25, 0.3) is 0 Å². The van der Waals surface area contributed by atoms with Crippen molar-refractivity contribution in [2.45, 2.75) is 47.0 Å². The van der Waals surface area contributed by atoms with Crippen LogP contribution >= 0.6 is 0 Å². The van der Waals surface area contributed by atoms with Crippen LogP contribution in [0.15, 0.2) is 23.3 Å². The highest BCUT2D eigenvalue weighted by Gasteiger charge is 2.44. The molecule has 0 radical (unpaired) electrons. The maximum absolute atomic E-state index is 12.0. The lowest BCUT2D eigenvalue weighted by atomic mass is 9.59. The second-order valence-corrected chi connectivity index (χ2v) is 5.97. The van der Waals surface area contributed by atoms with Crippen molar-refractivity contribution in [3.8, 4) is 0 Å². The van der Waals surface area contributed by atoms with Crippen LogP contribution in [0.2, 0.25) is 0 Å². The first kappa shape index (κ1) is 10.7. The Bertz CT molecular complexity index is 371. The molecular weight excluding hydrogens is 184 g/mol. The van der Waals surface area contributed by atoms with Crippen LogP contribution in [0, 0.1) is 10.8 Å². The molecule has 0 fully saturated rings. The first-order valence-corrected chi connectivity index (χ1v) is 5.79. The quantitative estimate of drug-likeness (QED) is 0.588. The van der Waals surface area contributed by atoms with E-state index < -0.39 is 0 Å². The van der Waals surface area contributed by atoms with Crippen LogP contribution < -0.4 is 0 Å². The van der Waals surface area contributed by atoms with E-state index in [0.717, 1.165) is 12.8 Å². The van der Waals surface area contributed by atoms with Crippen molar-refractivity contribution in [2.24, 2.45) is 10.8 Å². The van der Waals surface area contributed by atoms with E-state index in [-0.39, 0.29) is 10.8 Å². The summed E-state index contributed by atoms with van der Waals surface area (Å²) in [6, 6.07) is 0. The number of ketones is 1. The molecule has 0 heterocycles. The molecule has 2 aliphatic carbocycles. The van der Waals surface area contributed by atoms with Crippen molar-refractivity contribution >= 4 is 5.78 Å². The molecule has 0 aromatic heterocycles. The molecule has 0 N–H and O–H groups in total. The predicted octanol–water partition coefficient (Wildman–Crippen LogP) is 3.66. The number of hydrogen-bond donors (Lipinski definition) is 0. The Labute approximate surface area is 92.3 Å². The molecule has 15 heavy (non-hydrogen) atoms. The Balaban J connectivity index is 2.51. The van der Waals surface area contributed by atoms with Gasteiger partial charge in [-0.15, -0.1) is 0 Å². The van der Waals surface area contributed by atoms with Gasteiger partial charge in [0.1, 0.15) is 0 Å². The molecule has 1 nitrogen and oxygen atoms in total. The average Bonchev–Trinajstić information content (AvgIpc) is 2.08. The van der Waals surface area contributed by atoms with Crippen LogP contribution in [0.5, 0.6) is 0 Å². The van der Waals surface area contributed by atoms with Crippen molar-refractivity contribution in [3.05, 3.63) is 23.3 Å². The van der Waals surface area contributed by atoms with E-state index in [9.17, 15) is 4.79 Å². The van der Waals surface area contributed by atoms with Gasteiger partial charge in [0.2, 0.25) is 0 Å². The minimum Gasteiger partial charge on any atom is -0.294 e. The number of hydrogen-bond acceptors (Lipinski definition) is 1. The topological polar surface area (TPSA) is 17.1 Å². The van der Waals surface area contributed by atoms with Gasteiger partial charge in [-0.2, -0.15) is 0 Å². The van der Waals surface area contributed by atoms with Crippen LogP contribution in [0.1, 0.15) is 47.0 Å². The smallest absolute Gasteiger partial charge is 0.161 e. The number of carbonyl (C=O) groups is 1. The summed E-state index contributed by atoms with van der Waals surface area (Å²) < 4.78 is 0. The van der Waals surface area contributed by atoms with E-state index in [1.807, 2.05) is 6.08 Å². The summed E-state index contributed by atoms with van der Waals surface area (Å²) in [5.74, 6) is 0.296. The normalized spacial score (nSPS) is 34.3. The summed E-state index contributed by atoms with van der Waals surface area (Å²) in [5.41, 5.74) is 2.66. The zero-order valence-electron chi connectivity index (χ0n) is 10.2. The highest BCUT2D eigenvalue weighted by molar-refractivity contribution is 5.97. The monoisotopic (exact) mass is 204 g/mol. The fourth-order valence-electron chi connectivity index (χ4n) is 3.19. The van der Waals surface area contributed by atoms with Crippen LogP contribution in [0.25, 0.3) is 0 Å². The van der Waals surface area contributed by atoms with Gasteiger partial charge in [0.05, 0.1) is 0 Å². The first-order chi connectivity index (χ1) is 6.85. The average molecular weight is 204 g/mol. The molecule has 0 aromatic carbocycles. The van der Waals surface area contributed by atoms with Gasteiger partial charge in [0.15, 0.2) is 5.78 Å². The van der Waals surface area contributed by atoms with Gasteiger partial charge in [0, 0.05) is 5.41 Å². The van der Waals surface area contributed by atoms with E-state index >= 15 is 0 Å². The van der Waals surface area contributed by atoms with Gasteiger partial charge in [-0.1, -0.05) is 32.4 Å². The highest BCUT2D eigenvalue weighted by atomic mass is 16.1. The van der Waals surface area contributed by atoms with Crippen LogP contribution in [-0.4, -0.2) is 5.78 Å². The van der Waals surface area contributed by atoms with Gasteiger partial charge in [-0.3, -0.25) is 4.79 Å². The molecule has 1 atom stereocenters. The van der Waals surface area contributed by atoms with Crippen molar-refractivity contribution in [2.75, 3.05) is 0 Å². The van der Waals surface area contributed by atoms with Crippen LogP contribution in [-0.2, 0) is 4.79 Å². The standard InChI is InChI=1S/C14H20O/c1-10-6-5-7-14(4)9-13(2,3)12(15)8-11(10)14/h6,8H,5,7,9H2,1-4H3/t14-/m0/s1. The van der Waals surface area contributed by atoms with Crippen molar-refractivity contribution in [1.29, 1.82) is 0 Å². The second kappa shape index (κ2) is 3.07. The van der Waals surface area contributed by atoms with E-state index in [1.54, 1.807) is 0 Å². The molecule has 0 aromatic rings. The molecule has 82 valence electrons. The SMILES string of the molecule is CC1=CCC[C@@]2(C)CC(C)(C)C(=O)C=C12. The largest absolute Gasteiger partial charge is 0.294 e. The fourth-order valence-corrected chi connectivity index (χ4v) is 3.19. The summed E-state index contributed by atoms with van der Waals surface area (Å²) in [5, 5.41) is 0. The van der Waals surface area contributed by atoms with Crippen molar-refractivity contribution < 1.29 is 4.79 Å². The van der Waals surface area contributed by atoms with Gasteiger partial charge in [-0.05, 0) is 43.3 Å². The molecule has 0 saturated heterocycles. The summed E-state index contributed by atoms with van der Waals surface area (Å²) in [7, 11) is 0. The summed E-state index contributed by atoms with van der Waals surface area (Å²) in [6.07, 6.45) is 7.50. The number of rotatable bonds is 0. The Morgan fingerprint density at radius 1 is 1.27 bits per heavy atom. The molecular formula is C14H20O. The zero-order chi connectivity index (χ0) is 11.3. The minimum absolute atomic E-state index is 0.171. The summed E-state index contributed by atoms with van der Waals surface area (Å²) >= 11 is 0. The molecule has 2 rings (SSSR count). The fraction of sp³-hybridized carbons (Fsp3) is 0.643. The Kier molecular flexibility index (Phi) is 2.18. The van der Waals surface area contributed by atoms with E-state index in [2.05, 4.69) is 33.8 Å². The minimum atomic E-state index is -0.171. The third-order valence-corrected chi connectivity index (χ3v) is 4.00. The third kappa shape index (κ3) is 1.58. The van der Waals surface area contributed by atoms with Gasteiger partial charge in [-0.25, -0.2) is 0 Å². The Morgan fingerprint density at radius 3 is 2.60 bits per heavy atom. The highest BCUT2D eigenvalue weighted by Crippen LogP contribution is 2.51. The zero-order valence-corrected chi connectivity index (χ0v) is 10.2. The predicted molar refractivity (Wildman–Crippen MR) is 62.6 cm³/mol. The Hall–Kier alpha value is -0.850. The lowest BCUT2D eigenvalue weighted by molar-refractivity contribution is -0.124.